The van der Waals surface area contributed by atoms with Crippen molar-refractivity contribution >= 4 is 27.3 Å². The lowest BCUT2D eigenvalue weighted by molar-refractivity contribution is -0.124. The second-order valence-electron chi connectivity index (χ2n) is 7.73. The third kappa shape index (κ3) is 5.43. The van der Waals surface area contributed by atoms with E-state index in [-0.39, 0.29) is 10.8 Å². The summed E-state index contributed by atoms with van der Waals surface area (Å²) in [6.45, 7) is 3.12. The molecule has 0 radical (unpaired) electrons. The molecule has 1 N–H and O–H groups in total. The van der Waals surface area contributed by atoms with Gasteiger partial charge in [0.1, 0.15) is 16.8 Å². The van der Waals surface area contributed by atoms with E-state index in [4.69, 9.17) is 4.74 Å². The van der Waals surface area contributed by atoms with Gasteiger partial charge in [0, 0.05) is 30.5 Å². The number of rotatable bonds is 9. The standard InChI is InChI=1S/C24H27N3O4S2/c1-2-31-20-10-12-21(13-11-20)33(29,30)27-16-6-9-22(27)23(28)25-15-14-19-17-32-24(26-19)18-7-4-3-5-8-18/h3-5,7-8,10-13,17,22H,2,6,9,14-16H2,1H3,(H,25,28). The number of thiazole rings is 1. The first-order valence-electron chi connectivity index (χ1n) is 11.0. The van der Waals surface area contributed by atoms with Crippen LogP contribution in [0.15, 0.2) is 64.9 Å². The molecule has 3 aromatic rings. The van der Waals surface area contributed by atoms with Crippen LogP contribution in [0.1, 0.15) is 25.5 Å². The highest BCUT2D eigenvalue weighted by Crippen LogP contribution is 2.27. The molecule has 7 nitrogen and oxygen atoms in total. The molecule has 1 atom stereocenters. The van der Waals surface area contributed by atoms with Gasteiger partial charge in [0.05, 0.1) is 17.2 Å². The molecule has 9 heteroatoms. The Balaban J connectivity index is 1.35. The van der Waals surface area contributed by atoms with Crippen molar-refractivity contribution in [2.75, 3.05) is 19.7 Å². The molecule has 174 valence electrons. The molecule has 1 amide bonds. The first-order chi connectivity index (χ1) is 16.0. The first kappa shape index (κ1) is 23.4. The lowest BCUT2D eigenvalue weighted by Crippen LogP contribution is -2.46. The molecule has 1 saturated heterocycles. The maximum atomic E-state index is 13.1. The van der Waals surface area contributed by atoms with Crippen molar-refractivity contribution in [1.29, 1.82) is 0 Å². The van der Waals surface area contributed by atoms with Gasteiger partial charge in [-0.3, -0.25) is 4.79 Å². The van der Waals surface area contributed by atoms with Crippen molar-refractivity contribution in [2.24, 2.45) is 0 Å². The van der Waals surface area contributed by atoms with E-state index in [0.717, 1.165) is 16.3 Å². The molecule has 1 unspecified atom stereocenters. The smallest absolute Gasteiger partial charge is 0.243 e. The number of ether oxygens (including phenoxy) is 1. The number of sulfonamides is 1. The topological polar surface area (TPSA) is 88.6 Å². The largest absolute Gasteiger partial charge is 0.494 e. The number of carbonyl (C=O) groups excluding carboxylic acids is 1. The molecular formula is C24H27N3O4S2. The van der Waals surface area contributed by atoms with Crippen LogP contribution in [0.4, 0.5) is 0 Å². The van der Waals surface area contributed by atoms with Crippen LogP contribution in [-0.4, -0.2) is 49.4 Å². The molecule has 1 aromatic heterocycles. The molecule has 0 aliphatic carbocycles. The lowest BCUT2D eigenvalue weighted by Gasteiger charge is -2.23. The quantitative estimate of drug-likeness (QED) is 0.499. The Morgan fingerprint density at radius 2 is 1.94 bits per heavy atom. The van der Waals surface area contributed by atoms with Crippen molar-refractivity contribution in [3.8, 4) is 16.3 Å². The van der Waals surface area contributed by atoms with Gasteiger partial charge in [0.2, 0.25) is 15.9 Å². The fourth-order valence-electron chi connectivity index (χ4n) is 3.87. The predicted octanol–water partition coefficient (Wildman–Crippen LogP) is 3.72. The molecule has 0 spiro atoms. The van der Waals surface area contributed by atoms with E-state index in [1.165, 1.54) is 16.4 Å². The van der Waals surface area contributed by atoms with Gasteiger partial charge in [-0.25, -0.2) is 13.4 Å². The van der Waals surface area contributed by atoms with Crippen LogP contribution < -0.4 is 10.1 Å². The van der Waals surface area contributed by atoms with Gasteiger partial charge in [-0.1, -0.05) is 30.3 Å². The zero-order valence-corrected chi connectivity index (χ0v) is 20.1. The Hall–Kier alpha value is -2.75. The van der Waals surface area contributed by atoms with E-state index in [0.29, 0.717) is 44.7 Å². The minimum Gasteiger partial charge on any atom is -0.494 e. The van der Waals surface area contributed by atoms with Gasteiger partial charge in [-0.2, -0.15) is 4.31 Å². The molecule has 2 aromatic carbocycles. The number of hydrogen-bond acceptors (Lipinski definition) is 6. The summed E-state index contributed by atoms with van der Waals surface area (Å²) in [4.78, 5) is 17.6. The van der Waals surface area contributed by atoms with Gasteiger partial charge in [-0.05, 0) is 44.0 Å². The second-order valence-corrected chi connectivity index (χ2v) is 10.5. The molecular weight excluding hydrogens is 458 g/mol. The number of nitrogens with zero attached hydrogens (tertiary/aromatic N) is 2. The summed E-state index contributed by atoms with van der Waals surface area (Å²) >= 11 is 1.57. The molecule has 4 rings (SSSR count). The van der Waals surface area contributed by atoms with Gasteiger partial charge < -0.3 is 10.1 Å². The normalized spacial score (nSPS) is 16.6. The Kier molecular flexibility index (Phi) is 7.42. The van der Waals surface area contributed by atoms with Crippen molar-refractivity contribution in [1.82, 2.24) is 14.6 Å². The summed E-state index contributed by atoms with van der Waals surface area (Å²) in [6, 6.07) is 15.6. The van der Waals surface area contributed by atoms with Crippen molar-refractivity contribution in [3.05, 3.63) is 65.7 Å². The summed E-state index contributed by atoms with van der Waals surface area (Å²) in [5.41, 5.74) is 1.98. The van der Waals surface area contributed by atoms with Gasteiger partial charge in [0.15, 0.2) is 0 Å². The first-order valence-corrected chi connectivity index (χ1v) is 13.3. The third-order valence-corrected chi connectivity index (χ3v) is 8.36. The van der Waals surface area contributed by atoms with Crippen molar-refractivity contribution in [3.63, 3.8) is 0 Å². The predicted molar refractivity (Wildman–Crippen MR) is 129 cm³/mol. The molecule has 0 saturated carbocycles. The van der Waals surface area contributed by atoms with Crippen LogP contribution in [0.5, 0.6) is 5.75 Å². The van der Waals surface area contributed by atoms with Crippen molar-refractivity contribution in [2.45, 2.75) is 37.1 Å². The highest BCUT2D eigenvalue weighted by Gasteiger charge is 2.39. The SMILES string of the molecule is CCOc1ccc(S(=O)(=O)N2CCCC2C(=O)NCCc2csc(-c3ccccc3)n2)cc1. The Bertz CT molecular complexity index is 1180. The maximum absolute atomic E-state index is 13.1. The lowest BCUT2D eigenvalue weighted by atomic mass is 10.2. The van der Waals surface area contributed by atoms with Gasteiger partial charge in [-0.15, -0.1) is 11.3 Å². The summed E-state index contributed by atoms with van der Waals surface area (Å²) in [6.07, 6.45) is 1.76. The number of amides is 1. The monoisotopic (exact) mass is 485 g/mol. The van der Waals surface area contributed by atoms with Crippen molar-refractivity contribution < 1.29 is 17.9 Å². The van der Waals surface area contributed by atoms with Gasteiger partial charge in [0.25, 0.3) is 0 Å². The van der Waals surface area contributed by atoms with Gasteiger partial charge >= 0.3 is 0 Å². The summed E-state index contributed by atoms with van der Waals surface area (Å²) in [5.74, 6) is 0.352. The van der Waals surface area contributed by atoms with Crippen LogP contribution in [-0.2, 0) is 21.2 Å². The average Bonchev–Trinajstić information content (AvgIpc) is 3.51. The number of carbonyl (C=O) groups is 1. The zero-order valence-electron chi connectivity index (χ0n) is 18.4. The molecule has 2 heterocycles. The number of benzene rings is 2. The summed E-state index contributed by atoms with van der Waals surface area (Å²) < 4.78 is 33.0. The molecule has 1 aliphatic heterocycles. The Morgan fingerprint density at radius 3 is 2.67 bits per heavy atom. The van der Waals surface area contributed by atoms with E-state index >= 15 is 0 Å². The minimum absolute atomic E-state index is 0.168. The fourth-order valence-corrected chi connectivity index (χ4v) is 6.38. The van der Waals surface area contributed by atoms with E-state index in [2.05, 4.69) is 10.3 Å². The van der Waals surface area contributed by atoms with Crippen LogP contribution in [0.2, 0.25) is 0 Å². The summed E-state index contributed by atoms with van der Waals surface area (Å²) in [7, 11) is -3.76. The Morgan fingerprint density at radius 1 is 1.18 bits per heavy atom. The highest BCUT2D eigenvalue weighted by molar-refractivity contribution is 7.89. The van der Waals surface area contributed by atoms with Crippen LogP contribution >= 0.6 is 11.3 Å². The molecule has 1 fully saturated rings. The molecule has 33 heavy (non-hydrogen) atoms. The fraction of sp³-hybridized carbons (Fsp3) is 0.333. The van der Waals surface area contributed by atoms with E-state index < -0.39 is 16.1 Å². The van der Waals surface area contributed by atoms with Crippen LogP contribution in [0, 0.1) is 0 Å². The number of nitrogens with one attached hydrogen (secondary N) is 1. The molecule has 1 aliphatic rings. The second kappa shape index (κ2) is 10.5. The van der Waals surface area contributed by atoms with E-state index in [1.807, 2.05) is 42.6 Å². The van der Waals surface area contributed by atoms with E-state index in [9.17, 15) is 13.2 Å². The number of hydrogen-bond donors (Lipinski definition) is 1. The van der Waals surface area contributed by atoms with E-state index in [1.54, 1.807) is 23.5 Å². The maximum Gasteiger partial charge on any atom is 0.243 e. The summed E-state index contributed by atoms with van der Waals surface area (Å²) in [5, 5.41) is 5.84. The van der Waals surface area contributed by atoms with Crippen LogP contribution in [0.25, 0.3) is 10.6 Å². The molecule has 0 bridgehead atoms. The average molecular weight is 486 g/mol. The highest BCUT2D eigenvalue weighted by atomic mass is 32.2. The van der Waals surface area contributed by atoms with Crippen LogP contribution in [0.3, 0.4) is 0 Å². The third-order valence-electron chi connectivity index (χ3n) is 5.50. The number of aromatic nitrogens is 1. The minimum atomic E-state index is -3.76. The zero-order chi connectivity index (χ0) is 23.3. The Labute approximate surface area is 198 Å².